The zero-order chi connectivity index (χ0) is 23.8. The van der Waals surface area contributed by atoms with E-state index in [1.54, 1.807) is 35.8 Å². The Balaban J connectivity index is 2.07. The van der Waals surface area contributed by atoms with Gasteiger partial charge in [-0.05, 0) is 50.0 Å². The molecule has 0 radical (unpaired) electrons. The van der Waals surface area contributed by atoms with Crippen LogP contribution in [0.25, 0.3) is 22.3 Å². The number of nitrogens with zero attached hydrogens (tertiary/aromatic N) is 5. The number of aryl methyl sites for hydroxylation is 1. The lowest BCUT2D eigenvalue weighted by molar-refractivity contribution is 0.0926. The molecule has 0 saturated heterocycles. The fourth-order valence-electron chi connectivity index (χ4n) is 3.61. The SMILES string of the molecule is CCN(CC)CCSc1nc(-c2ccc(F)cc2C)c2c(C#N)cn(COCCSC)c2n1. The Morgan fingerprint density at radius 3 is 2.67 bits per heavy atom. The molecular weight excluding hydrogens is 457 g/mol. The molecule has 6 nitrogen and oxygen atoms in total. The Labute approximate surface area is 203 Å². The Morgan fingerprint density at radius 1 is 1.21 bits per heavy atom. The van der Waals surface area contributed by atoms with Crippen LogP contribution in [-0.2, 0) is 11.5 Å². The second-order valence-electron chi connectivity index (χ2n) is 7.54. The minimum absolute atomic E-state index is 0.296. The first kappa shape index (κ1) is 25.5. The molecule has 33 heavy (non-hydrogen) atoms. The molecule has 0 saturated carbocycles. The van der Waals surface area contributed by atoms with Crippen molar-refractivity contribution in [3.8, 4) is 17.3 Å². The molecule has 0 bridgehead atoms. The van der Waals surface area contributed by atoms with Gasteiger partial charge in [0.1, 0.15) is 24.3 Å². The van der Waals surface area contributed by atoms with Gasteiger partial charge in [0, 0.05) is 29.8 Å². The number of halogens is 1. The molecule has 0 spiro atoms. The second-order valence-corrected chi connectivity index (χ2v) is 9.59. The van der Waals surface area contributed by atoms with Gasteiger partial charge in [0.05, 0.1) is 23.3 Å². The highest BCUT2D eigenvalue weighted by atomic mass is 32.2. The van der Waals surface area contributed by atoms with Crippen LogP contribution in [0.5, 0.6) is 0 Å². The summed E-state index contributed by atoms with van der Waals surface area (Å²) in [5, 5.41) is 11.2. The van der Waals surface area contributed by atoms with Gasteiger partial charge in [-0.2, -0.15) is 17.0 Å². The first-order valence-corrected chi connectivity index (χ1v) is 13.4. The zero-order valence-electron chi connectivity index (χ0n) is 19.6. The molecule has 3 aromatic rings. The number of hydrogen-bond donors (Lipinski definition) is 0. The lowest BCUT2D eigenvalue weighted by Crippen LogP contribution is -2.25. The fourth-order valence-corrected chi connectivity index (χ4v) is 4.74. The monoisotopic (exact) mass is 487 g/mol. The van der Waals surface area contributed by atoms with Crippen LogP contribution in [0.1, 0.15) is 25.0 Å². The van der Waals surface area contributed by atoms with Gasteiger partial charge in [0.25, 0.3) is 0 Å². The van der Waals surface area contributed by atoms with Crippen molar-refractivity contribution < 1.29 is 9.13 Å². The number of nitriles is 1. The van der Waals surface area contributed by atoms with Crippen molar-refractivity contribution in [2.24, 2.45) is 0 Å². The van der Waals surface area contributed by atoms with Crippen LogP contribution in [0.2, 0.25) is 0 Å². The topological polar surface area (TPSA) is 67.0 Å². The highest BCUT2D eigenvalue weighted by Gasteiger charge is 2.20. The third-order valence-corrected chi connectivity index (χ3v) is 6.86. The number of ether oxygens (including phenoxy) is 1. The smallest absolute Gasteiger partial charge is 0.190 e. The number of rotatable bonds is 12. The summed E-state index contributed by atoms with van der Waals surface area (Å²) in [6.45, 7) is 10.0. The van der Waals surface area contributed by atoms with E-state index in [9.17, 15) is 9.65 Å². The molecule has 0 unspecified atom stereocenters. The van der Waals surface area contributed by atoms with E-state index in [0.29, 0.717) is 40.8 Å². The second kappa shape index (κ2) is 12.4. The Hall–Kier alpha value is -2.12. The van der Waals surface area contributed by atoms with Crippen LogP contribution in [0.15, 0.2) is 29.6 Å². The molecule has 0 aliphatic carbocycles. The highest BCUT2D eigenvalue weighted by molar-refractivity contribution is 7.99. The predicted octanol–water partition coefficient (Wildman–Crippen LogP) is 5.19. The molecular formula is C24H30FN5OS2. The van der Waals surface area contributed by atoms with Crippen molar-refractivity contribution >= 4 is 34.6 Å². The summed E-state index contributed by atoms with van der Waals surface area (Å²) in [4.78, 5) is 12.0. The number of aromatic nitrogens is 3. The van der Waals surface area contributed by atoms with Crippen molar-refractivity contribution in [1.29, 1.82) is 5.26 Å². The normalized spacial score (nSPS) is 11.4. The molecule has 176 valence electrons. The number of thioether (sulfide) groups is 2. The number of hydrogen-bond acceptors (Lipinski definition) is 7. The van der Waals surface area contributed by atoms with Gasteiger partial charge >= 0.3 is 0 Å². The molecule has 1 aromatic carbocycles. The van der Waals surface area contributed by atoms with Crippen LogP contribution in [0.4, 0.5) is 4.39 Å². The molecule has 0 amide bonds. The van der Waals surface area contributed by atoms with Gasteiger partial charge < -0.3 is 14.2 Å². The summed E-state index contributed by atoms with van der Waals surface area (Å²) >= 11 is 3.31. The van der Waals surface area contributed by atoms with Crippen LogP contribution < -0.4 is 0 Å². The standard InChI is InChI=1S/C24H30FN5OS2/c1-5-29(6-2)9-11-33-24-27-22(20-8-7-19(25)13-17(20)3)21-18(14-26)15-30(23(21)28-24)16-31-10-12-32-4/h7-8,13,15H,5-6,9-12,16H2,1-4H3. The first-order valence-electron chi connectivity index (χ1n) is 11.0. The van der Waals surface area contributed by atoms with E-state index in [1.165, 1.54) is 12.1 Å². The third-order valence-electron chi connectivity index (χ3n) is 5.46. The summed E-state index contributed by atoms with van der Waals surface area (Å²) < 4.78 is 21.5. The average Bonchev–Trinajstić information content (AvgIpc) is 3.17. The quantitative estimate of drug-likeness (QED) is 0.198. The van der Waals surface area contributed by atoms with Crippen molar-refractivity contribution in [3.05, 3.63) is 41.3 Å². The molecule has 0 N–H and O–H groups in total. The van der Waals surface area contributed by atoms with Crippen LogP contribution in [0, 0.1) is 24.1 Å². The van der Waals surface area contributed by atoms with Crippen molar-refractivity contribution in [2.75, 3.05) is 44.0 Å². The minimum Gasteiger partial charge on any atom is -0.360 e. The average molecular weight is 488 g/mol. The fraction of sp³-hybridized carbons (Fsp3) is 0.458. The lowest BCUT2D eigenvalue weighted by Gasteiger charge is -2.17. The molecule has 2 aromatic heterocycles. The molecule has 0 aliphatic heterocycles. The minimum atomic E-state index is -0.296. The molecule has 0 aliphatic rings. The summed E-state index contributed by atoms with van der Waals surface area (Å²) in [6.07, 6.45) is 3.81. The molecule has 2 heterocycles. The molecule has 0 fully saturated rings. The first-order chi connectivity index (χ1) is 16.0. The maximum Gasteiger partial charge on any atom is 0.190 e. The van der Waals surface area contributed by atoms with Crippen molar-refractivity contribution in [1.82, 2.24) is 19.4 Å². The molecule has 0 atom stereocenters. The number of fused-ring (bicyclic) bond motifs is 1. The van der Waals surface area contributed by atoms with E-state index in [4.69, 9.17) is 14.7 Å². The van der Waals surface area contributed by atoms with Gasteiger partial charge in [-0.3, -0.25) is 0 Å². The number of benzene rings is 1. The van der Waals surface area contributed by atoms with E-state index in [0.717, 1.165) is 42.3 Å². The van der Waals surface area contributed by atoms with E-state index < -0.39 is 0 Å². The zero-order valence-corrected chi connectivity index (χ0v) is 21.2. The molecule has 9 heteroatoms. The Morgan fingerprint density at radius 2 is 2.00 bits per heavy atom. The largest absolute Gasteiger partial charge is 0.360 e. The lowest BCUT2D eigenvalue weighted by atomic mass is 10.0. The summed E-state index contributed by atoms with van der Waals surface area (Å²) in [5.41, 5.74) is 3.36. The van der Waals surface area contributed by atoms with Crippen molar-refractivity contribution in [2.45, 2.75) is 32.7 Å². The summed E-state index contributed by atoms with van der Waals surface area (Å²) in [6, 6.07) is 6.92. The van der Waals surface area contributed by atoms with Gasteiger partial charge in [-0.15, -0.1) is 0 Å². The summed E-state index contributed by atoms with van der Waals surface area (Å²) in [5.74, 6) is 1.45. The van der Waals surface area contributed by atoms with Crippen LogP contribution in [0.3, 0.4) is 0 Å². The third kappa shape index (κ3) is 6.27. The van der Waals surface area contributed by atoms with E-state index >= 15 is 0 Å². The van der Waals surface area contributed by atoms with Gasteiger partial charge in [0.15, 0.2) is 5.16 Å². The highest BCUT2D eigenvalue weighted by Crippen LogP contribution is 2.34. The predicted molar refractivity (Wildman–Crippen MR) is 135 cm³/mol. The van der Waals surface area contributed by atoms with Gasteiger partial charge in [0.2, 0.25) is 0 Å². The Kier molecular flexibility index (Phi) is 9.56. The van der Waals surface area contributed by atoms with Gasteiger partial charge in [-0.25, -0.2) is 14.4 Å². The van der Waals surface area contributed by atoms with E-state index in [2.05, 4.69) is 24.8 Å². The summed E-state index contributed by atoms with van der Waals surface area (Å²) in [7, 11) is 0. The maximum absolute atomic E-state index is 13.8. The van der Waals surface area contributed by atoms with Crippen molar-refractivity contribution in [3.63, 3.8) is 0 Å². The van der Waals surface area contributed by atoms with Gasteiger partial charge in [-0.1, -0.05) is 25.6 Å². The van der Waals surface area contributed by atoms with Crippen LogP contribution >= 0.6 is 23.5 Å². The maximum atomic E-state index is 13.8. The van der Waals surface area contributed by atoms with Crippen LogP contribution in [-0.4, -0.2) is 63.4 Å². The van der Waals surface area contributed by atoms with E-state index in [-0.39, 0.29) is 5.82 Å². The van der Waals surface area contributed by atoms with E-state index in [1.807, 2.05) is 17.7 Å². The Bertz CT molecular complexity index is 1120. The molecule has 3 rings (SSSR count).